The number of para-hydroxylation sites is 1. The molecule has 1 amide bonds. The third kappa shape index (κ3) is 5.79. The molecule has 1 aromatic heterocycles. The van der Waals surface area contributed by atoms with Crippen molar-refractivity contribution in [3.8, 4) is 5.75 Å². The minimum absolute atomic E-state index is 0.0838. The van der Waals surface area contributed by atoms with E-state index in [-0.39, 0.29) is 18.1 Å². The average Bonchev–Trinajstić information content (AvgIpc) is 2.80. The number of fused-ring (bicyclic) bond motifs is 1. The SMILES string of the molecule is CC(C)NC(=O)c1ccc(Nc2ncc3cccc(OC4CCN(C(C)C)CC4)c3n2)cc1. The van der Waals surface area contributed by atoms with Crippen molar-refractivity contribution in [1.82, 2.24) is 20.2 Å². The van der Waals surface area contributed by atoms with Crippen LogP contribution in [0, 0.1) is 0 Å². The second-order valence-corrected chi connectivity index (χ2v) is 9.17. The molecular formula is C26H33N5O2. The van der Waals surface area contributed by atoms with E-state index >= 15 is 0 Å². The molecule has 0 aliphatic carbocycles. The van der Waals surface area contributed by atoms with E-state index in [0.29, 0.717) is 17.6 Å². The number of carbonyl (C=O) groups excluding carboxylic acids is 1. The number of aromatic nitrogens is 2. The highest BCUT2D eigenvalue weighted by Crippen LogP contribution is 2.28. The Morgan fingerprint density at radius 3 is 2.45 bits per heavy atom. The van der Waals surface area contributed by atoms with Crippen molar-refractivity contribution < 1.29 is 9.53 Å². The van der Waals surface area contributed by atoms with Crippen molar-refractivity contribution in [1.29, 1.82) is 0 Å². The largest absolute Gasteiger partial charge is 0.488 e. The van der Waals surface area contributed by atoms with Gasteiger partial charge in [0.1, 0.15) is 17.4 Å². The number of ether oxygens (including phenoxy) is 1. The van der Waals surface area contributed by atoms with Crippen LogP contribution in [0.2, 0.25) is 0 Å². The molecule has 0 unspecified atom stereocenters. The van der Waals surface area contributed by atoms with Gasteiger partial charge in [0, 0.05) is 48.0 Å². The van der Waals surface area contributed by atoms with Crippen LogP contribution in [0.3, 0.4) is 0 Å². The number of anilines is 2. The molecule has 1 saturated heterocycles. The number of rotatable bonds is 7. The lowest BCUT2D eigenvalue weighted by Gasteiger charge is -2.34. The zero-order chi connectivity index (χ0) is 23.4. The number of nitrogens with one attached hydrogen (secondary N) is 2. The maximum Gasteiger partial charge on any atom is 0.251 e. The number of likely N-dealkylation sites (tertiary alicyclic amines) is 1. The highest BCUT2D eigenvalue weighted by atomic mass is 16.5. The molecule has 0 radical (unpaired) electrons. The Morgan fingerprint density at radius 1 is 1.06 bits per heavy atom. The van der Waals surface area contributed by atoms with Gasteiger partial charge in [0.25, 0.3) is 5.91 Å². The van der Waals surface area contributed by atoms with Crippen LogP contribution in [0.25, 0.3) is 10.9 Å². The molecule has 0 atom stereocenters. The Morgan fingerprint density at radius 2 is 1.79 bits per heavy atom. The van der Waals surface area contributed by atoms with Crippen LogP contribution in [-0.4, -0.2) is 52.1 Å². The predicted molar refractivity (Wildman–Crippen MR) is 132 cm³/mol. The summed E-state index contributed by atoms with van der Waals surface area (Å²) in [7, 11) is 0. The molecule has 7 nitrogen and oxygen atoms in total. The summed E-state index contributed by atoms with van der Waals surface area (Å²) in [6, 6.07) is 13.9. The van der Waals surface area contributed by atoms with Crippen molar-refractivity contribution in [2.24, 2.45) is 0 Å². The fourth-order valence-electron chi connectivity index (χ4n) is 4.05. The molecule has 0 saturated carbocycles. The minimum Gasteiger partial charge on any atom is -0.488 e. The van der Waals surface area contributed by atoms with Gasteiger partial charge in [0.2, 0.25) is 5.95 Å². The summed E-state index contributed by atoms with van der Waals surface area (Å²) in [6.45, 7) is 10.5. The number of piperidine rings is 1. The topological polar surface area (TPSA) is 79.4 Å². The molecule has 3 aromatic rings. The molecule has 33 heavy (non-hydrogen) atoms. The van der Waals surface area contributed by atoms with E-state index in [1.54, 1.807) is 12.1 Å². The molecule has 1 aliphatic heterocycles. The van der Waals surface area contributed by atoms with Gasteiger partial charge in [0.15, 0.2) is 0 Å². The average molecular weight is 448 g/mol. The quantitative estimate of drug-likeness (QED) is 0.543. The van der Waals surface area contributed by atoms with Crippen molar-refractivity contribution in [3.63, 3.8) is 0 Å². The number of nitrogens with zero attached hydrogens (tertiary/aromatic N) is 3. The third-order valence-electron chi connectivity index (χ3n) is 5.90. The van der Waals surface area contributed by atoms with Gasteiger partial charge in [-0.15, -0.1) is 0 Å². The molecular weight excluding hydrogens is 414 g/mol. The molecule has 0 bridgehead atoms. The number of hydrogen-bond acceptors (Lipinski definition) is 6. The highest BCUT2D eigenvalue weighted by molar-refractivity contribution is 5.94. The summed E-state index contributed by atoms with van der Waals surface area (Å²) in [5.74, 6) is 1.20. The van der Waals surface area contributed by atoms with Crippen molar-refractivity contribution in [3.05, 3.63) is 54.2 Å². The highest BCUT2D eigenvalue weighted by Gasteiger charge is 2.22. The summed E-state index contributed by atoms with van der Waals surface area (Å²) in [5.41, 5.74) is 2.23. The Kier molecular flexibility index (Phi) is 7.08. The van der Waals surface area contributed by atoms with Gasteiger partial charge in [-0.3, -0.25) is 4.79 Å². The van der Waals surface area contributed by atoms with Gasteiger partial charge in [-0.1, -0.05) is 12.1 Å². The standard InChI is InChI=1S/C26H33N5O2/c1-17(2)28-25(32)19-8-10-21(11-9-19)29-26-27-16-20-6-5-7-23(24(20)30-26)33-22-12-14-31(15-13-22)18(3)4/h5-11,16-18,22H,12-15H2,1-4H3,(H,28,32)(H,27,29,30). The van der Waals surface area contributed by atoms with E-state index in [0.717, 1.165) is 48.3 Å². The Bertz CT molecular complexity index is 1090. The van der Waals surface area contributed by atoms with Gasteiger partial charge in [-0.05, 0) is 70.9 Å². The van der Waals surface area contributed by atoms with Crippen molar-refractivity contribution in [2.75, 3.05) is 18.4 Å². The zero-order valence-corrected chi connectivity index (χ0v) is 19.8. The first-order valence-corrected chi connectivity index (χ1v) is 11.7. The Balaban J connectivity index is 1.47. The maximum atomic E-state index is 12.2. The van der Waals surface area contributed by atoms with Gasteiger partial charge >= 0.3 is 0 Å². The fraction of sp³-hybridized carbons (Fsp3) is 0.423. The van der Waals surface area contributed by atoms with Gasteiger partial charge < -0.3 is 20.3 Å². The molecule has 174 valence electrons. The lowest BCUT2D eigenvalue weighted by atomic mass is 10.1. The van der Waals surface area contributed by atoms with E-state index in [9.17, 15) is 4.79 Å². The molecule has 2 heterocycles. The minimum atomic E-state index is -0.0838. The Labute approximate surface area is 195 Å². The first-order valence-electron chi connectivity index (χ1n) is 11.7. The van der Waals surface area contributed by atoms with Crippen molar-refractivity contribution >= 4 is 28.4 Å². The van der Waals surface area contributed by atoms with E-state index in [1.807, 2.05) is 50.4 Å². The molecule has 1 aliphatic rings. The van der Waals surface area contributed by atoms with E-state index in [2.05, 4.69) is 34.4 Å². The molecule has 7 heteroatoms. The molecule has 0 spiro atoms. The van der Waals surface area contributed by atoms with E-state index < -0.39 is 0 Å². The number of hydrogen-bond donors (Lipinski definition) is 2. The van der Waals surface area contributed by atoms with Gasteiger partial charge in [0.05, 0.1) is 0 Å². The van der Waals surface area contributed by atoms with Gasteiger partial charge in [-0.2, -0.15) is 0 Å². The van der Waals surface area contributed by atoms with Crippen molar-refractivity contribution in [2.45, 2.75) is 58.7 Å². The monoisotopic (exact) mass is 447 g/mol. The first-order chi connectivity index (χ1) is 15.9. The lowest BCUT2D eigenvalue weighted by molar-refractivity contribution is 0.0852. The lowest BCUT2D eigenvalue weighted by Crippen LogP contribution is -2.41. The summed E-state index contributed by atoms with van der Waals surface area (Å²) >= 11 is 0. The first kappa shape index (κ1) is 23.0. The van der Waals surface area contributed by atoms with Crippen LogP contribution in [0.1, 0.15) is 50.9 Å². The summed E-state index contributed by atoms with van der Waals surface area (Å²) in [4.78, 5) is 23.8. The zero-order valence-electron chi connectivity index (χ0n) is 19.8. The molecule has 2 aromatic carbocycles. The van der Waals surface area contributed by atoms with Crippen LogP contribution in [0.4, 0.5) is 11.6 Å². The number of benzene rings is 2. The van der Waals surface area contributed by atoms with Crippen LogP contribution >= 0.6 is 0 Å². The van der Waals surface area contributed by atoms with Crippen LogP contribution in [-0.2, 0) is 0 Å². The maximum absolute atomic E-state index is 12.2. The molecule has 2 N–H and O–H groups in total. The second-order valence-electron chi connectivity index (χ2n) is 9.17. The second kappa shape index (κ2) is 10.2. The van der Waals surface area contributed by atoms with E-state index in [1.165, 1.54) is 0 Å². The molecule has 4 rings (SSSR count). The normalized spacial score (nSPS) is 15.2. The summed E-state index contributed by atoms with van der Waals surface area (Å²) in [5, 5.41) is 7.07. The third-order valence-corrected chi connectivity index (χ3v) is 5.90. The predicted octanol–water partition coefficient (Wildman–Crippen LogP) is 4.76. The fourth-order valence-corrected chi connectivity index (χ4v) is 4.05. The van der Waals surface area contributed by atoms with E-state index in [4.69, 9.17) is 9.72 Å². The smallest absolute Gasteiger partial charge is 0.251 e. The summed E-state index contributed by atoms with van der Waals surface area (Å²) < 4.78 is 6.39. The van der Waals surface area contributed by atoms with Gasteiger partial charge in [-0.25, -0.2) is 9.97 Å². The summed E-state index contributed by atoms with van der Waals surface area (Å²) in [6.07, 6.45) is 4.04. The van der Waals surface area contributed by atoms with Crippen LogP contribution in [0.15, 0.2) is 48.7 Å². The Hall–Kier alpha value is -3.19. The van der Waals surface area contributed by atoms with Crippen LogP contribution < -0.4 is 15.4 Å². The number of carbonyl (C=O) groups is 1. The molecule has 1 fully saturated rings. The van der Waals surface area contributed by atoms with Crippen LogP contribution in [0.5, 0.6) is 5.75 Å². The number of amides is 1.